The minimum atomic E-state index is 0.188. The van der Waals surface area contributed by atoms with E-state index in [-0.39, 0.29) is 12.4 Å². The third-order valence-electron chi connectivity index (χ3n) is 2.37. The van der Waals surface area contributed by atoms with Gasteiger partial charge in [-0.25, -0.2) is 9.97 Å². The number of nitriles is 1. The van der Waals surface area contributed by atoms with Crippen molar-refractivity contribution in [2.45, 2.75) is 11.6 Å². The van der Waals surface area contributed by atoms with Gasteiger partial charge in [-0.1, -0.05) is 18.2 Å². The summed E-state index contributed by atoms with van der Waals surface area (Å²) < 4.78 is 5.55. The zero-order valence-corrected chi connectivity index (χ0v) is 11.1. The molecule has 2 N–H and O–H groups in total. The van der Waals surface area contributed by atoms with Gasteiger partial charge in [-0.15, -0.1) is 11.8 Å². The number of anilines is 1. The smallest absolute Gasteiger partial charge is 0.169 e. The Bertz CT molecular complexity index is 610. The summed E-state index contributed by atoms with van der Waals surface area (Å²) in [6, 6.07) is 11.4. The Hall–Kier alpha value is -2.26. The normalized spacial score (nSPS) is 9.89. The van der Waals surface area contributed by atoms with E-state index in [1.54, 1.807) is 0 Å². The molecule has 19 heavy (non-hydrogen) atoms. The Kier molecular flexibility index (Phi) is 4.21. The van der Waals surface area contributed by atoms with E-state index >= 15 is 0 Å². The highest BCUT2D eigenvalue weighted by Gasteiger charge is 2.11. The van der Waals surface area contributed by atoms with E-state index in [0.29, 0.717) is 16.4 Å². The molecule has 0 aliphatic heterocycles. The second-order valence-corrected chi connectivity index (χ2v) is 4.42. The van der Waals surface area contributed by atoms with Crippen molar-refractivity contribution in [1.82, 2.24) is 9.97 Å². The van der Waals surface area contributed by atoms with Gasteiger partial charge in [0.05, 0.1) is 0 Å². The number of para-hydroxylation sites is 1. The van der Waals surface area contributed by atoms with Gasteiger partial charge in [-0.05, 0) is 18.4 Å². The van der Waals surface area contributed by atoms with Crippen molar-refractivity contribution >= 4 is 17.6 Å². The summed E-state index contributed by atoms with van der Waals surface area (Å²) in [7, 11) is 0. The third-order valence-corrected chi connectivity index (χ3v) is 3.05. The van der Waals surface area contributed by atoms with E-state index in [9.17, 15) is 0 Å². The van der Waals surface area contributed by atoms with E-state index in [1.165, 1.54) is 11.8 Å². The first-order valence-electron chi connectivity index (χ1n) is 5.53. The van der Waals surface area contributed by atoms with E-state index in [4.69, 9.17) is 15.7 Å². The van der Waals surface area contributed by atoms with Crippen LogP contribution in [0.3, 0.4) is 0 Å². The summed E-state index contributed by atoms with van der Waals surface area (Å²) in [5.74, 6) is 1.39. The highest BCUT2D eigenvalue weighted by atomic mass is 32.2. The molecule has 0 unspecified atom stereocenters. The van der Waals surface area contributed by atoms with Crippen LogP contribution in [-0.4, -0.2) is 16.2 Å². The summed E-state index contributed by atoms with van der Waals surface area (Å²) in [5.41, 5.74) is 6.05. The fourth-order valence-corrected chi connectivity index (χ4v) is 2.04. The molecule has 6 heteroatoms. The SMILES string of the molecule is CSc1nc(COc2ccccc2)nc(N)c1C#N. The van der Waals surface area contributed by atoms with E-state index < -0.39 is 0 Å². The van der Waals surface area contributed by atoms with E-state index in [1.807, 2.05) is 42.7 Å². The van der Waals surface area contributed by atoms with Crippen LogP contribution in [0.15, 0.2) is 35.4 Å². The minimum Gasteiger partial charge on any atom is -0.486 e. The lowest BCUT2D eigenvalue weighted by Crippen LogP contribution is -2.07. The average molecular weight is 272 g/mol. The fourth-order valence-electron chi connectivity index (χ4n) is 1.48. The van der Waals surface area contributed by atoms with Gasteiger partial charge in [-0.2, -0.15) is 5.26 Å². The number of ether oxygens (including phenoxy) is 1. The standard InChI is InChI=1S/C13H12N4OS/c1-19-13-10(7-14)12(15)16-11(17-13)8-18-9-5-3-2-4-6-9/h2-6H,8H2,1H3,(H2,15,16,17). The molecule has 2 rings (SSSR count). The maximum Gasteiger partial charge on any atom is 0.169 e. The van der Waals surface area contributed by atoms with Crippen molar-refractivity contribution in [2.24, 2.45) is 0 Å². The number of hydrogen-bond donors (Lipinski definition) is 1. The molecule has 0 aliphatic rings. The molecule has 5 nitrogen and oxygen atoms in total. The van der Waals surface area contributed by atoms with Gasteiger partial charge < -0.3 is 10.5 Å². The maximum absolute atomic E-state index is 8.97. The van der Waals surface area contributed by atoms with Gasteiger partial charge >= 0.3 is 0 Å². The topological polar surface area (TPSA) is 84.8 Å². The van der Waals surface area contributed by atoms with Crippen LogP contribution in [0.1, 0.15) is 11.4 Å². The van der Waals surface area contributed by atoms with Crippen molar-refractivity contribution in [1.29, 1.82) is 5.26 Å². The van der Waals surface area contributed by atoms with Gasteiger partial charge in [0.1, 0.15) is 34.8 Å². The Morgan fingerprint density at radius 2 is 2.05 bits per heavy atom. The Morgan fingerprint density at radius 1 is 1.32 bits per heavy atom. The number of hydrogen-bond acceptors (Lipinski definition) is 6. The molecule has 0 fully saturated rings. The second kappa shape index (κ2) is 6.07. The fraction of sp³-hybridized carbons (Fsp3) is 0.154. The van der Waals surface area contributed by atoms with Crippen molar-refractivity contribution in [3.05, 3.63) is 41.7 Å². The molecule has 0 aliphatic carbocycles. The molecule has 0 bridgehead atoms. The highest BCUT2D eigenvalue weighted by Crippen LogP contribution is 2.21. The quantitative estimate of drug-likeness (QED) is 0.678. The van der Waals surface area contributed by atoms with Gasteiger partial charge in [0.2, 0.25) is 0 Å². The van der Waals surface area contributed by atoms with Crippen molar-refractivity contribution in [3.63, 3.8) is 0 Å². The Labute approximate surface area is 115 Å². The summed E-state index contributed by atoms with van der Waals surface area (Å²) in [6.45, 7) is 0.216. The molecule has 1 heterocycles. The van der Waals surface area contributed by atoms with Crippen LogP contribution < -0.4 is 10.5 Å². The number of thioether (sulfide) groups is 1. The third kappa shape index (κ3) is 3.14. The first-order chi connectivity index (χ1) is 9.24. The first kappa shape index (κ1) is 13.2. The number of nitrogens with two attached hydrogens (primary N) is 1. The Morgan fingerprint density at radius 3 is 2.68 bits per heavy atom. The monoisotopic (exact) mass is 272 g/mol. The molecule has 0 radical (unpaired) electrons. The summed E-state index contributed by atoms with van der Waals surface area (Å²) in [6.07, 6.45) is 1.84. The minimum absolute atomic E-state index is 0.188. The predicted molar refractivity (Wildman–Crippen MR) is 73.7 cm³/mol. The first-order valence-corrected chi connectivity index (χ1v) is 6.75. The molecule has 0 atom stereocenters. The number of rotatable bonds is 4. The lowest BCUT2D eigenvalue weighted by atomic mass is 10.3. The van der Waals surface area contributed by atoms with Crippen LogP contribution in [0.5, 0.6) is 5.75 Å². The van der Waals surface area contributed by atoms with Crippen molar-refractivity contribution in [2.75, 3.05) is 12.0 Å². The maximum atomic E-state index is 8.97. The molecule has 1 aromatic heterocycles. The molecule has 1 aromatic carbocycles. The van der Waals surface area contributed by atoms with Gasteiger partial charge in [-0.3, -0.25) is 0 Å². The summed E-state index contributed by atoms with van der Waals surface area (Å²) in [4.78, 5) is 8.34. The summed E-state index contributed by atoms with van der Waals surface area (Å²) >= 11 is 1.36. The van der Waals surface area contributed by atoms with Gasteiger partial charge in [0.25, 0.3) is 0 Å². The van der Waals surface area contributed by atoms with E-state index in [0.717, 1.165) is 5.75 Å². The molecule has 2 aromatic rings. The number of benzene rings is 1. The van der Waals surface area contributed by atoms with Crippen molar-refractivity contribution < 1.29 is 4.74 Å². The van der Waals surface area contributed by atoms with Gasteiger partial charge in [0, 0.05) is 0 Å². The number of nitrogen functional groups attached to an aromatic ring is 1. The lowest BCUT2D eigenvalue weighted by molar-refractivity contribution is 0.295. The van der Waals surface area contributed by atoms with E-state index in [2.05, 4.69) is 9.97 Å². The molecule has 0 amide bonds. The zero-order chi connectivity index (χ0) is 13.7. The number of nitrogens with zero attached hydrogens (tertiary/aromatic N) is 3. The lowest BCUT2D eigenvalue weighted by Gasteiger charge is -2.08. The van der Waals surface area contributed by atoms with Crippen LogP contribution in [0, 0.1) is 11.3 Å². The average Bonchev–Trinajstić information content (AvgIpc) is 2.45. The largest absolute Gasteiger partial charge is 0.486 e. The van der Waals surface area contributed by atoms with Gasteiger partial charge in [0.15, 0.2) is 5.82 Å². The zero-order valence-electron chi connectivity index (χ0n) is 10.3. The van der Waals surface area contributed by atoms with Crippen LogP contribution in [0.2, 0.25) is 0 Å². The number of aromatic nitrogens is 2. The molecule has 0 saturated carbocycles. The molecule has 0 saturated heterocycles. The van der Waals surface area contributed by atoms with Crippen LogP contribution in [-0.2, 0) is 6.61 Å². The Balaban J connectivity index is 2.18. The summed E-state index contributed by atoms with van der Waals surface area (Å²) in [5, 5.41) is 9.55. The van der Waals surface area contributed by atoms with Crippen molar-refractivity contribution in [3.8, 4) is 11.8 Å². The predicted octanol–water partition coefficient (Wildman–Crippen LogP) is 2.23. The molecular weight excluding hydrogens is 260 g/mol. The highest BCUT2D eigenvalue weighted by molar-refractivity contribution is 7.98. The molecule has 96 valence electrons. The molecule has 0 spiro atoms. The van der Waals surface area contributed by atoms with Crippen LogP contribution >= 0.6 is 11.8 Å². The molecular formula is C13H12N4OS. The van der Waals surface area contributed by atoms with Crippen LogP contribution in [0.4, 0.5) is 5.82 Å². The van der Waals surface area contributed by atoms with Crippen LogP contribution in [0.25, 0.3) is 0 Å². The second-order valence-electron chi connectivity index (χ2n) is 3.62.